The van der Waals surface area contributed by atoms with Gasteiger partial charge in [0.05, 0.1) is 11.1 Å². The Morgan fingerprint density at radius 1 is 1.12 bits per heavy atom. The fourth-order valence-corrected chi connectivity index (χ4v) is 3.46. The van der Waals surface area contributed by atoms with Crippen LogP contribution in [0.4, 0.5) is 4.39 Å². The molecule has 2 aromatic rings. The maximum absolute atomic E-state index is 13.1. The summed E-state index contributed by atoms with van der Waals surface area (Å²) in [5, 5.41) is 5.61. The average Bonchev–Trinajstić information content (AvgIpc) is 2.71. The van der Waals surface area contributed by atoms with Crippen LogP contribution in [0, 0.1) is 11.7 Å². The number of hydrogen-bond acceptors (Lipinski definition) is 6. The van der Waals surface area contributed by atoms with Gasteiger partial charge in [0.15, 0.2) is 15.8 Å². The van der Waals surface area contributed by atoms with Crippen molar-refractivity contribution in [2.75, 3.05) is 12.8 Å². The van der Waals surface area contributed by atoms with Crippen molar-refractivity contribution in [1.29, 1.82) is 0 Å². The van der Waals surface area contributed by atoms with E-state index in [2.05, 4.69) is 15.6 Å². The van der Waals surface area contributed by atoms with Gasteiger partial charge >= 0.3 is 0 Å². The summed E-state index contributed by atoms with van der Waals surface area (Å²) >= 11 is 0. The minimum absolute atomic E-state index is 0.0424. The number of halogens is 1. The second-order valence-corrected chi connectivity index (χ2v) is 10.00. The lowest BCUT2D eigenvalue weighted by molar-refractivity contribution is 0.0975. The summed E-state index contributed by atoms with van der Waals surface area (Å²) in [6.45, 7) is 4.38. The molecule has 0 bridgehead atoms. The molecule has 174 valence electrons. The summed E-state index contributed by atoms with van der Waals surface area (Å²) in [6, 6.07) is 11.1. The van der Waals surface area contributed by atoms with E-state index in [1.165, 1.54) is 36.4 Å². The third-order valence-electron chi connectivity index (χ3n) is 4.50. The van der Waals surface area contributed by atoms with E-state index in [0.717, 1.165) is 11.8 Å². The van der Waals surface area contributed by atoms with Crippen LogP contribution in [0.5, 0.6) is 0 Å². The van der Waals surface area contributed by atoms with E-state index >= 15 is 0 Å². The molecule has 2 rings (SSSR count). The van der Waals surface area contributed by atoms with Gasteiger partial charge in [-0.05, 0) is 48.2 Å². The van der Waals surface area contributed by atoms with Crippen LogP contribution < -0.4 is 22.1 Å². The number of nitrogens with two attached hydrogens (primary N) is 2. The van der Waals surface area contributed by atoms with E-state index < -0.39 is 28.0 Å². The number of sulfone groups is 1. The normalized spacial score (nSPS) is 14.2. The van der Waals surface area contributed by atoms with Gasteiger partial charge in [-0.25, -0.2) is 12.8 Å². The molecule has 32 heavy (non-hydrogen) atoms. The Hall–Kier alpha value is -2.82. The van der Waals surface area contributed by atoms with Gasteiger partial charge in [0.1, 0.15) is 5.82 Å². The van der Waals surface area contributed by atoms with Gasteiger partial charge < -0.3 is 16.8 Å². The summed E-state index contributed by atoms with van der Waals surface area (Å²) < 4.78 is 36.7. The zero-order valence-electron chi connectivity index (χ0n) is 18.4. The van der Waals surface area contributed by atoms with Gasteiger partial charge in [0, 0.05) is 24.4 Å². The fraction of sp³-hybridized carbons (Fsp3) is 0.364. The maximum atomic E-state index is 13.1. The molecule has 10 heteroatoms. The quantitative estimate of drug-likeness (QED) is 0.268. The van der Waals surface area contributed by atoms with E-state index in [1.54, 1.807) is 12.1 Å². The topological polar surface area (TPSA) is 140 Å². The Labute approximate surface area is 188 Å². The number of carbonyl (C=O) groups is 1. The Morgan fingerprint density at radius 3 is 2.38 bits per heavy atom. The molecule has 2 atom stereocenters. The zero-order valence-corrected chi connectivity index (χ0v) is 19.2. The Balaban J connectivity index is 2.11. The third kappa shape index (κ3) is 8.03. The lowest BCUT2D eigenvalue weighted by atomic mass is 10.0. The monoisotopic (exact) mass is 463 g/mol. The molecule has 2 unspecified atom stereocenters. The first-order valence-corrected chi connectivity index (χ1v) is 12.0. The van der Waals surface area contributed by atoms with E-state index in [0.29, 0.717) is 13.0 Å². The lowest BCUT2D eigenvalue weighted by Gasteiger charge is -2.21. The minimum atomic E-state index is -3.45. The molecule has 8 nitrogen and oxygen atoms in total. The van der Waals surface area contributed by atoms with E-state index in [4.69, 9.17) is 11.5 Å². The number of aliphatic imine (C=N–C) groups is 1. The van der Waals surface area contributed by atoms with Crippen molar-refractivity contribution in [2.45, 2.75) is 37.4 Å². The second-order valence-electron chi connectivity index (χ2n) is 7.98. The summed E-state index contributed by atoms with van der Waals surface area (Å²) in [5.41, 5.74) is 13.2. The largest absolute Gasteiger partial charge is 0.341 e. The minimum Gasteiger partial charge on any atom is -0.341 e. The molecule has 0 heterocycles. The molecule has 0 aliphatic rings. The smallest absolute Gasteiger partial charge is 0.257 e. The second kappa shape index (κ2) is 11.2. The highest BCUT2D eigenvalue weighted by atomic mass is 32.2. The van der Waals surface area contributed by atoms with Gasteiger partial charge in [-0.15, -0.1) is 0 Å². The predicted molar refractivity (Wildman–Crippen MR) is 123 cm³/mol. The molecule has 0 aliphatic carbocycles. The SMILES string of the molecule is CC(C)CN=C(NC(=O)c1cccc(S(C)(=O)=O)c1)NC(N)CC(N)c1ccc(F)cc1. The van der Waals surface area contributed by atoms with Gasteiger partial charge in [-0.3, -0.25) is 15.1 Å². The van der Waals surface area contributed by atoms with Gasteiger partial charge in [0.25, 0.3) is 5.91 Å². The molecule has 1 amide bonds. The van der Waals surface area contributed by atoms with Crippen molar-refractivity contribution in [2.24, 2.45) is 22.4 Å². The van der Waals surface area contributed by atoms with E-state index in [1.807, 2.05) is 13.8 Å². The van der Waals surface area contributed by atoms with Crippen molar-refractivity contribution >= 4 is 21.7 Å². The lowest BCUT2D eigenvalue weighted by Crippen LogP contribution is -2.50. The number of nitrogens with zero attached hydrogens (tertiary/aromatic N) is 1. The molecule has 6 N–H and O–H groups in total. The van der Waals surface area contributed by atoms with Crippen LogP contribution in [0.3, 0.4) is 0 Å². The standard InChI is InChI=1S/C22H30FN5O3S/c1-14(2)13-26-22(27-20(25)12-19(24)15-7-9-17(23)10-8-15)28-21(29)16-5-4-6-18(11-16)32(3,30)31/h4-11,14,19-20H,12-13,24-25H2,1-3H3,(H2,26,27,28,29). The summed E-state index contributed by atoms with van der Waals surface area (Å²) in [4.78, 5) is 17.1. The van der Waals surface area contributed by atoms with Gasteiger partial charge in [0.2, 0.25) is 0 Å². The van der Waals surface area contributed by atoms with Crippen LogP contribution in [0.25, 0.3) is 0 Å². The molecule has 0 aromatic heterocycles. The van der Waals surface area contributed by atoms with Crippen molar-refractivity contribution in [3.63, 3.8) is 0 Å². The van der Waals surface area contributed by atoms with Crippen molar-refractivity contribution in [3.05, 3.63) is 65.5 Å². The zero-order chi connectivity index (χ0) is 23.9. The number of rotatable bonds is 8. The molecule has 0 fully saturated rings. The fourth-order valence-electron chi connectivity index (χ4n) is 2.80. The molecule has 0 saturated heterocycles. The van der Waals surface area contributed by atoms with Crippen molar-refractivity contribution in [1.82, 2.24) is 10.6 Å². The highest BCUT2D eigenvalue weighted by Gasteiger charge is 2.17. The number of guanidine groups is 1. The van der Waals surface area contributed by atoms with Gasteiger partial charge in [-0.2, -0.15) is 0 Å². The number of carbonyl (C=O) groups excluding carboxylic acids is 1. The third-order valence-corrected chi connectivity index (χ3v) is 5.61. The Bertz CT molecular complexity index is 1060. The summed E-state index contributed by atoms with van der Waals surface area (Å²) in [6.07, 6.45) is 0.722. The van der Waals surface area contributed by atoms with Crippen LogP contribution in [0.1, 0.15) is 42.2 Å². The van der Waals surface area contributed by atoms with E-state index in [-0.39, 0.29) is 28.2 Å². The molecular weight excluding hydrogens is 433 g/mol. The predicted octanol–water partition coefficient (Wildman–Crippen LogP) is 1.94. The van der Waals surface area contributed by atoms with Crippen LogP contribution in [-0.4, -0.2) is 39.3 Å². The summed E-state index contributed by atoms with van der Waals surface area (Å²) in [7, 11) is -3.45. The van der Waals surface area contributed by atoms with Crippen LogP contribution in [-0.2, 0) is 9.84 Å². The summed E-state index contributed by atoms with van der Waals surface area (Å²) in [5.74, 6) is -0.489. The Morgan fingerprint density at radius 2 is 1.78 bits per heavy atom. The maximum Gasteiger partial charge on any atom is 0.257 e. The van der Waals surface area contributed by atoms with Crippen LogP contribution in [0.15, 0.2) is 58.4 Å². The highest BCUT2D eigenvalue weighted by Crippen LogP contribution is 2.15. The number of nitrogens with one attached hydrogen (secondary N) is 2. The molecule has 2 aromatic carbocycles. The van der Waals surface area contributed by atoms with Crippen LogP contribution in [0.2, 0.25) is 0 Å². The first kappa shape index (κ1) is 25.4. The highest BCUT2D eigenvalue weighted by molar-refractivity contribution is 7.90. The first-order chi connectivity index (χ1) is 15.0. The van der Waals surface area contributed by atoms with Crippen molar-refractivity contribution < 1.29 is 17.6 Å². The number of amides is 1. The van der Waals surface area contributed by atoms with Crippen LogP contribution >= 0.6 is 0 Å². The molecule has 0 radical (unpaired) electrons. The number of benzene rings is 2. The molecule has 0 saturated carbocycles. The first-order valence-electron chi connectivity index (χ1n) is 10.1. The average molecular weight is 464 g/mol. The molecule has 0 spiro atoms. The van der Waals surface area contributed by atoms with Gasteiger partial charge in [-0.1, -0.05) is 32.0 Å². The molecular formula is C22H30FN5O3S. The van der Waals surface area contributed by atoms with Crippen molar-refractivity contribution in [3.8, 4) is 0 Å². The van der Waals surface area contributed by atoms with E-state index in [9.17, 15) is 17.6 Å². The number of hydrogen-bond donors (Lipinski definition) is 4. The molecule has 0 aliphatic heterocycles. The Kier molecular flexibility index (Phi) is 8.88.